The maximum Gasteiger partial charge on any atom is 0.254 e. The molecule has 26 heavy (non-hydrogen) atoms. The van der Waals surface area contributed by atoms with E-state index in [2.05, 4.69) is 10.2 Å². The third-order valence-corrected chi connectivity index (χ3v) is 4.54. The van der Waals surface area contributed by atoms with Crippen LogP contribution in [0.25, 0.3) is 0 Å². The highest BCUT2D eigenvalue weighted by Crippen LogP contribution is 2.23. The summed E-state index contributed by atoms with van der Waals surface area (Å²) >= 11 is 0. The van der Waals surface area contributed by atoms with Gasteiger partial charge < -0.3 is 9.64 Å². The van der Waals surface area contributed by atoms with Gasteiger partial charge in [0.15, 0.2) is 0 Å². The summed E-state index contributed by atoms with van der Waals surface area (Å²) < 4.78 is 5.83. The maximum atomic E-state index is 12.8. The van der Waals surface area contributed by atoms with Gasteiger partial charge in [0.25, 0.3) is 5.91 Å². The fourth-order valence-corrected chi connectivity index (χ4v) is 3.17. The van der Waals surface area contributed by atoms with Gasteiger partial charge in [0.1, 0.15) is 12.4 Å². The third-order valence-electron chi connectivity index (χ3n) is 4.54. The summed E-state index contributed by atoms with van der Waals surface area (Å²) in [5.41, 5.74) is 1.74. The molecule has 0 N–H and O–H groups in total. The molecule has 1 atom stereocenters. The first-order valence-electron chi connectivity index (χ1n) is 8.71. The Kier molecular flexibility index (Phi) is 4.64. The molecule has 6 heteroatoms. The van der Waals surface area contributed by atoms with Crippen molar-refractivity contribution < 1.29 is 9.53 Å². The van der Waals surface area contributed by atoms with Crippen LogP contribution in [0.15, 0.2) is 67.0 Å². The van der Waals surface area contributed by atoms with E-state index in [0.717, 1.165) is 12.0 Å². The van der Waals surface area contributed by atoms with Gasteiger partial charge in [0.05, 0.1) is 18.4 Å². The number of rotatable bonds is 5. The molecule has 1 aliphatic rings. The summed E-state index contributed by atoms with van der Waals surface area (Å²) in [4.78, 5) is 16.3. The molecule has 0 bridgehead atoms. The number of likely N-dealkylation sites (tertiary alicyclic amines) is 1. The predicted molar refractivity (Wildman–Crippen MR) is 96.8 cm³/mol. The minimum absolute atomic E-state index is 0.0183. The number of aromatic nitrogens is 3. The van der Waals surface area contributed by atoms with Gasteiger partial charge in [0.2, 0.25) is 0 Å². The fourth-order valence-electron chi connectivity index (χ4n) is 3.17. The molecule has 1 aromatic heterocycles. The number of nitrogens with zero attached hydrogens (tertiary/aromatic N) is 4. The van der Waals surface area contributed by atoms with Crippen LogP contribution < -0.4 is 4.74 Å². The predicted octanol–water partition coefficient (Wildman–Crippen LogP) is 2.94. The Balaban J connectivity index is 1.40. The molecule has 132 valence electrons. The van der Waals surface area contributed by atoms with E-state index in [-0.39, 0.29) is 11.9 Å². The normalized spacial score (nSPS) is 16.6. The Morgan fingerprint density at radius 2 is 1.88 bits per heavy atom. The standard InChI is InChI=1S/C20H20N4O2/c25-20(23-12-9-18(14-23)24-21-10-11-22-24)17-7-4-8-19(13-17)26-15-16-5-2-1-3-6-16/h1-8,10-11,13,18H,9,12,14-15H2. The van der Waals surface area contributed by atoms with Crippen LogP contribution in [0.5, 0.6) is 5.75 Å². The highest BCUT2D eigenvalue weighted by molar-refractivity contribution is 5.94. The Morgan fingerprint density at radius 3 is 2.69 bits per heavy atom. The number of hydrogen-bond donors (Lipinski definition) is 0. The van der Waals surface area contributed by atoms with E-state index >= 15 is 0 Å². The molecule has 0 aliphatic carbocycles. The van der Waals surface area contributed by atoms with E-state index in [4.69, 9.17) is 4.74 Å². The van der Waals surface area contributed by atoms with Crippen molar-refractivity contribution >= 4 is 5.91 Å². The van der Waals surface area contributed by atoms with E-state index in [9.17, 15) is 4.79 Å². The van der Waals surface area contributed by atoms with Crippen molar-refractivity contribution in [1.82, 2.24) is 19.9 Å². The average Bonchev–Trinajstić information content (AvgIpc) is 3.38. The van der Waals surface area contributed by atoms with Gasteiger partial charge >= 0.3 is 0 Å². The second kappa shape index (κ2) is 7.39. The molecule has 1 aliphatic heterocycles. The lowest BCUT2D eigenvalue weighted by Crippen LogP contribution is -2.29. The van der Waals surface area contributed by atoms with Gasteiger partial charge in [0, 0.05) is 18.7 Å². The van der Waals surface area contributed by atoms with Crippen LogP contribution >= 0.6 is 0 Å². The third kappa shape index (κ3) is 3.59. The van der Waals surface area contributed by atoms with Crippen molar-refractivity contribution in [3.05, 3.63) is 78.1 Å². The molecule has 0 spiro atoms. The first-order valence-corrected chi connectivity index (χ1v) is 8.71. The monoisotopic (exact) mass is 348 g/mol. The van der Waals surface area contributed by atoms with Crippen molar-refractivity contribution in [1.29, 1.82) is 0 Å². The first kappa shape index (κ1) is 16.3. The topological polar surface area (TPSA) is 60.2 Å². The Bertz CT molecular complexity index is 865. The molecule has 2 aromatic carbocycles. The van der Waals surface area contributed by atoms with Crippen LogP contribution in [0.3, 0.4) is 0 Å². The molecule has 1 fully saturated rings. The number of carbonyl (C=O) groups excluding carboxylic acids is 1. The summed E-state index contributed by atoms with van der Waals surface area (Å²) in [6.07, 6.45) is 4.20. The zero-order chi connectivity index (χ0) is 17.8. The van der Waals surface area contributed by atoms with Crippen molar-refractivity contribution in [2.24, 2.45) is 0 Å². The summed E-state index contributed by atoms with van der Waals surface area (Å²) in [6, 6.07) is 17.5. The zero-order valence-electron chi connectivity index (χ0n) is 14.4. The summed E-state index contributed by atoms with van der Waals surface area (Å²) in [6.45, 7) is 1.82. The van der Waals surface area contributed by atoms with Crippen molar-refractivity contribution in [3.63, 3.8) is 0 Å². The molecule has 4 rings (SSSR count). The molecule has 1 saturated heterocycles. The lowest BCUT2D eigenvalue weighted by molar-refractivity contribution is 0.0785. The van der Waals surface area contributed by atoms with Gasteiger partial charge in [-0.3, -0.25) is 4.79 Å². The van der Waals surface area contributed by atoms with E-state index in [1.807, 2.05) is 59.5 Å². The number of amides is 1. The molecule has 1 amide bonds. The van der Waals surface area contributed by atoms with Gasteiger partial charge in [-0.25, -0.2) is 0 Å². The van der Waals surface area contributed by atoms with Gasteiger partial charge in [-0.2, -0.15) is 15.0 Å². The second-order valence-electron chi connectivity index (χ2n) is 6.35. The number of carbonyl (C=O) groups is 1. The number of ether oxygens (including phenoxy) is 1. The molecule has 0 saturated carbocycles. The molecule has 2 heterocycles. The molecule has 6 nitrogen and oxygen atoms in total. The first-order chi connectivity index (χ1) is 12.8. The van der Waals surface area contributed by atoms with Crippen LogP contribution in [0.4, 0.5) is 0 Å². The van der Waals surface area contributed by atoms with Crippen LogP contribution in [-0.2, 0) is 6.61 Å². The van der Waals surface area contributed by atoms with Crippen LogP contribution in [0.2, 0.25) is 0 Å². The Hall–Kier alpha value is -3.15. The number of hydrogen-bond acceptors (Lipinski definition) is 4. The summed E-state index contributed by atoms with van der Waals surface area (Å²) in [7, 11) is 0. The van der Waals surface area contributed by atoms with Crippen LogP contribution in [0, 0.1) is 0 Å². The Labute approximate surface area is 152 Å². The van der Waals surface area contributed by atoms with E-state index in [1.165, 1.54) is 0 Å². The van der Waals surface area contributed by atoms with E-state index in [0.29, 0.717) is 31.0 Å². The SMILES string of the molecule is O=C(c1cccc(OCc2ccccc2)c1)N1CCC(n2nccn2)C1. The Morgan fingerprint density at radius 1 is 1.08 bits per heavy atom. The second-order valence-corrected chi connectivity index (χ2v) is 6.35. The largest absolute Gasteiger partial charge is 0.489 e. The van der Waals surface area contributed by atoms with Crippen molar-refractivity contribution in [2.45, 2.75) is 19.1 Å². The lowest BCUT2D eigenvalue weighted by atomic mass is 10.2. The van der Waals surface area contributed by atoms with Gasteiger partial charge in [-0.15, -0.1) is 0 Å². The highest BCUT2D eigenvalue weighted by atomic mass is 16.5. The van der Waals surface area contributed by atoms with Crippen LogP contribution in [-0.4, -0.2) is 38.9 Å². The average molecular weight is 348 g/mol. The minimum Gasteiger partial charge on any atom is -0.489 e. The van der Waals surface area contributed by atoms with Crippen LogP contribution in [0.1, 0.15) is 28.4 Å². The lowest BCUT2D eigenvalue weighted by Gasteiger charge is -2.17. The van der Waals surface area contributed by atoms with E-state index in [1.54, 1.807) is 17.2 Å². The zero-order valence-corrected chi connectivity index (χ0v) is 14.4. The van der Waals surface area contributed by atoms with Crippen molar-refractivity contribution in [2.75, 3.05) is 13.1 Å². The maximum absolute atomic E-state index is 12.8. The van der Waals surface area contributed by atoms with Gasteiger partial charge in [-0.05, 0) is 30.2 Å². The van der Waals surface area contributed by atoms with E-state index < -0.39 is 0 Å². The summed E-state index contributed by atoms with van der Waals surface area (Å²) in [5, 5.41) is 8.36. The molecular weight excluding hydrogens is 328 g/mol. The summed E-state index contributed by atoms with van der Waals surface area (Å²) in [5.74, 6) is 0.717. The van der Waals surface area contributed by atoms with Gasteiger partial charge in [-0.1, -0.05) is 36.4 Å². The fraction of sp³-hybridized carbons (Fsp3) is 0.250. The smallest absolute Gasteiger partial charge is 0.254 e. The highest BCUT2D eigenvalue weighted by Gasteiger charge is 2.29. The minimum atomic E-state index is 0.0183. The molecule has 1 unspecified atom stereocenters. The molecule has 0 radical (unpaired) electrons. The van der Waals surface area contributed by atoms with Crippen molar-refractivity contribution in [3.8, 4) is 5.75 Å². The number of benzene rings is 2. The molecule has 3 aromatic rings. The molecular formula is C20H20N4O2. The quantitative estimate of drug-likeness (QED) is 0.711.